The van der Waals surface area contributed by atoms with Gasteiger partial charge in [-0.05, 0) is 49.5 Å². The Bertz CT molecular complexity index is 1160. The molecule has 0 saturated carbocycles. The summed E-state index contributed by atoms with van der Waals surface area (Å²) in [4.78, 5) is 11.2. The van der Waals surface area contributed by atoms with Crippen molar-refractivity contribution >= 4 is 22.4 Å². The molecule has 3 unspecified atom stereocenters. The molecule has 0 spiro atoms. The van der Waals surface area contributed by atoms with Gasteiger partial charge in [0.1, 0.15) is 30.7 Å². The molecule has 166 valence electrons. The number of nitrogens with one attached hydrogen (secondary N) is 2. The first kappa shape index (κ1) is 19.7. The van der Waals surface area contributed by atoms with Gasteiger partial charge in [0, 0.05) is 31.1 Å². The number of rotatable bonds is 4. The van der Waals surface area contributed by atoms with E-state index in [0.717, 1.165) is 55.5 Å². The Morgan fingerprint density at radius 1 is 1.16 bits per heavy atom. The van der Waals surface area contributed by atoms with Gasteiger partial charge in [0.2, 0.25) is 0 Å². The van der Waals surface area contributed by atoms with E-state index in [1.165, 1.54) is 6.33 Å². The predicted molar refractivity (Wildman–Crippen MR) is 120 cm³/mol. The third-order valence-corrected chi connectivity index (χ3v) is 6.79. The van der Waals surface area contributed by atoms with Gasteiger partial charge in [-0.1, -0.05) is 12.1 Å². The summed E-state index contributed by atoms with van der Waals surface area (Å²) in [5.41, 5.74) is 1.68. The Hall–Kier alpha value is -2.97. The summed E-state index contributed by atoms with van der Waals surface area (Å²) in [6.45, 7) is 7.59. The quantitative estimate of drug-likeness (QED) is 0.653. The maximum atomic E-state index is 14.5. The molecule has 3 atom stereocenters. The van der Waals surface area contributed by atoms with Crippen LogP contribution < -0.4 is 20.1 Å². The first-order chi connectivity index (χ1) is 15.6. The summed E-state index contributed by atoms with van der Waals surface area (Å²) >= 11 is 0. The number of nitrogens with zero attached hydrogens (tertiary/aromatic N) is 3. The summed E-state index contributed by atoms with van der Waals surface area (Å²) < 4.78 is 26.9. The lowest BCUT2D eigenvalue weighted by molar-refractivity contribution is 0.0634. The van der Waals surface area contributed by atoms with Crippen molar-refractivity contribution in [3.05, 3.63) is 48.0 Å². The first-order valence-electron chi connectivity index (χ1n) is 11.2. The minimum absolute atomic E-state index is 0.0259. The molecule has 4 heterocycles. The van der Waals surface area contributed by atoms with Gasteiger partial charge in [-0.15, -0.1) is 0 Å². The number of aromatic nitrogens is 2. The van der Waals surface area contributed by atoms with E-state index in [1.54, 1.807) is 19.1 Å². The topological polar surface area (TPSA) is 71.5 Å². The Morgan fingerprint density at radius 3 is 2.84 bits per heavy atom. The van der Waals surface area contributed by atoms with Crippen molar-refractivity contribution in [3.63, 3.8) is 0 Å². The van der Waals surface area contributed by atoms with Crippen LogP contribution in [0.2, 0.25) is 0 Å². The van der Waals surface area contributed by atoms with Crippen LogP contribution in [0.3, 0.4) is 0 Å². The summed E-state index contributed by atoms with van der Waals surface area (Å²) in [7, 11) is 0. The van der Waals surface area contributed by atoms with Gasteiger partial charge in [-0.25, -0.2) is 14.4 Å². The molecule has 2 fully saturated rings. The van der Waals surface area contributed by atoms with Crippen LogP contribution in [0.1, 0.15) is 5.56 Å². The molecule has 0 bridgehead atoms. The van der Waals surface area contributed by atoms with Crippen molar-refractivity contribution in [1.29, 1.82) is 0 Å². The van der Waals surface area contributed by atoms with Gasteiger partial charge < -0.3 is 20.1 Å². The molecular weight excluding hydrogens is 409 g/mol. The standard InChI is InChI=1S/C24H26FN5O2/c1-14-3-2-4-19(23(14)25)29-24-18-5-22-21(6-20(18)27-13-28-24)31-12-17(32-22)11-30-9-15-7-26-8-16(15)10-30/h2-6,13,15-17,26H,7-12H2,1H3,(H,27,28,29). The molecule has 3 aliphatic rings. The monoisotopic (exact) mass is 435 g/mol. The number of fused-ring (bicyclic) bond motifs is 3. The van der Waals surface area contributed by atoms with Gasteiger partial charge in [-0.2, -0.15) is 0 Å². The fourth-order valence-corrected chi connectivity index (χ4v) is 5.12. The highest BCUT2D eigenvalue weighted by Gasteiger charge is 2.37. The van der Waals surface area contributed by atoms with Crippen LogP contribution in [0.25, 0.3) is 10.9 Å². The summed E-state index contributed by atoms with van der Waals surface area (Å²) in [5.74, 6) is 3.11. The molecule has 7 nitrogen and oxygen atoms in total. The fraction of sp³-hybridized carbons (Fsp3) is 0.417. The molecule has 2 N–H and O–H groups in total. The highest BCUT2D eigenvalue weighted by atomic mass is 19.1. The second kappa shape index (κ2) is 7.86. The molecule has 2 aromatic carbocycles. The average Bonchev–Trinajstić information content (AvgIpc) is 3.38. The molecule has 0 aliphatic carbocycles. The van der Waals surface area contributed by atoms with Crippen molar-refractivity contribution in [2.75, 3.05) is 44.6 Å². The molecule has 1 aromatic heterocycles. The second-order valence-electron chi connectivity index (χ2n) is 9.05. The van der Waals surface area contributed by atoms with E-state index >= 15 is 0 Å². The molecule has 2 saturated heterocycles. The third kappa shape index (κ3) is 3.53. The Balaban J connectivity index is 1.24. The largest absolute Gasteiger partial charge is 0.486 e. The van der Waals surface area contributed by atoms with Crippen molar-refractivity contribution in [2.24, 2.45) is 11.8 Å². The van der Waals surface area contributed by atoms with Crippen molar-refractivity contribution < 1.29 is 13.9 Å². The second-order valence-corrected chi connectivity index (χ2v) is 9.05. The van der Waals surface area contributed by atoms with Crippen LogP contribution in [0.4, 0.5) is 15.9 Å². The van der Waals surface area contributed by atoms with Crippen LogP contribution in [0, 0.1) is 24.6 Å². The zero-order chi connectivity index (χ0) is 21.7. The smallest absolute Gasteiger partial charge is 0.163 e. The number of hydrogen-bond acceptors (Lipinski definition) is 7. The minimum atomic E-state index is -0.289. The summed E-state index contributed by atoms with van der Waals surface area (Å²) in [6.07, 6.45) is 1.44. The number of anilines is 2. The lowest BCUT2D eigenvalue weighted by atomic mass is 10.0. The van der Waals surface area contributed by atoms with E-state index in [9.17, 15) is 4.39 Å². The number of aryl methyl sites for hydroxylation is 1. The number of ether oxygens (including phenoxy) is 2. The number of hydrogen-bond donors (Lipinski definition) is 2. The predicted octanol–water partition coefficient (Wildman–Crippen LogP) is 3.11. The lowest BCUT2D eigenvalue weighted by Crippen LogP contribution is -2.41. The van der Waals surface area contributed by atoms with Gasteiger partial charge >= 0.3 is 0 Å². The maximum Gasteiger partial charge on any atom is 0.163 e. The van der Waals surface area contributed by atoms with Crippen LogP contribution in [-0.2, 0) is 0 Å². The summed E-state index contributed by atoms with van der Waals surface area (Å²) in [6, 6.07) is 9.02. The lowest BCUT2D eigenvalue weighted by Gasteiger charge is -2.30. The summed E-state index contributed by atoms with van der Waals surface area (Å²) in [5, 5.41) is 7.36. The van der Waals surface area contributed by atoms with Gasteiger partial charge in [0.05, 0.1) is 11.2 Å². The van der Waals surface area contributed by atoms with E-state index < -0.39 is 0 Å². The molecule has 3 aromatic rings. The van der Waals surface area contributed by atoms with Crippen molar-refractivity contribution in [1.82, 2.24) is 20.2 Å². The van der Waals surface area contributed by atoms with E-state index in [1.807, 2.05) is 18.2 Å². The molecule has 8 heteroatoms. The molecule has 0 amide bonds. The normalized spacial score (nSPS) is 24.6. The van der Waals surface area contributed by atoms with E-state index in [0.29, 0.717) is 35.2 Å². The Labute approximate surface area is 185 Å². The minimum Gasteiger partial charge on any atom is -0.486 e. The highest BCUT2D eigenvalue weighted by Crippen LogP contribution is 2.38. The fourth-order valence-electron chi connectivity index (χ4n) is 5.12. The SMILES string of the molecule is Cc1cccc(Nc2ncnc3cc4c(cc23)OC(CN2CC3CNCC3C2)CO4)c1F. The zero-order valence-electron chi connectivity index (χ0n) is 18.0. The van der Waals surface area contributed by atoms with E-state index in [2.05, 4.69) is 25.5 Å². The molecule has 6 rings (SSSR count). The van der Waals surface area contributed by atoms with Gasteiger partial charge in [0.25, 0.3) is 0 Å². The highest BCUT2D eigenvalue weighted by molar-refractivity contribution is 5.93. The number of benzene rings is 2. The molecule has 32 heavy (non-hydrogen) atoms. The van der Waals surface area contributed by atoms with Crippen molar-refractivity contribution in [3.8, 4) is 11.5 Å². The van der Waals surface area contributed by atoms with Crippen LogP contribution in [-0.4, -0.2) is 60.3 Å². The third-order valence-electron chi connectivity index (χ3n) is 6.79. The van der Waals surface area contributed by atoms with Crippen LogP contribution >= 0.6 is 0 Å². The molecule has 0 radical (unpaired) electrons. The van der Waals surface area contributed by atoms with Crippen LogP contribution in [0.5, 0.6) is 11.5 Å². The molecular formula is C24H26FN5O2. The average molecular weight is 436 g/mol. The zero-order valence-corrected chi connectivity index (χ0v) is 18.0. The van der Waals surface area contributed by atoms with Crippen molar-refractivity contribution in [2.45, 2.75) is 13.0 Å². The number of likely N-dealkylation sites (tertiary alicyclic amines) is 1. The number of halogens is 1. The molecule has 3 aliphatic heterocycles. The Kier molecular flexibility index (Phi) is 4.84. The van der Waals surface area contributed by atoms with E-state index in [-0.39, 0.29) is 11.9 Å². The Morgan fingerprint density at radius 2 is 2.00 bits per heavy atom. The first-order valence-corrected chi connectivity index (χ1v) is 11.2. The van der Waals surface area contributed by atoms with E-state index in [4.69, 9.17) is 9.47 Å². The van der Waals surface area contributed by atoms with Gasteiger partial charge in [-0.3, -0.25) is 4.90 Å². The maximum absolute atomic E-state index is 14.5. The van der Waals surface area contributed by atoms with Crippen LogP contribution in [0.15, 0.2) is 36.7 Å². The van der Waals surface area contributed by atoms with Gasteiger partial charge in [0.15, 0.2) is 11.5 Å².